The molecule has 0 spiro atoms. The number of aromatic nitrogens is 1. The summed E-state index contributed by atoms with van der Waals surface area (Å²) in [7, 11) is 0. The van der Waals surface area contributed by atoms with Gasteiger partial charge in [0, 0.05) is 22.9 Å². The highest BCUT2D eigenvalue weighted by Crippen LogP contribution is 2.42. The van der Waals surface area contributed by atoms with Gasteiger partial charge in [-0.25, -0.2) is 4.98 Å². The zero-order chi connectivity index (χ0) is 35.1. The van der Waals surface area contributed by atoms with Crippen LogP contribution in [0.25, 0.3) is 64.6 Å². The third kappa shape index (κ3) is 6.62. The zero-order valence-electron chi connectivity index (χ0n) is 29.9. The number of hydrogen-bond donors (Lipinski definition) is 0. The average molecular weight is 679 g/mol. The second-order valence-electron chi connectivity index (χ2n) is 15.0. The highest BCUT2D eigenvalue weighted by atomic mass is 32.1. The lowest BCUT2D eigenvalue weighted by Gasteiger charge is -2.20. The van der Waals surface area contributed by atoms with Gasteiger partial charge in [0.05, 0.1) is 15.9 Å². The Balaban J connectivity index is 1.18. The Morgan fingerprint density at radius 3 is 2.00 bits per heavy atom. The summed E-state index contributed by atoms with van der Waals surface area (Å²) in [6.07, 6.45) is 3.12. The predicted molar refractivity (Wildman–Crippen MR) is 222 cm³/mol. The second-order valence-corrected chi connectivity index (χ2v) is 16.1. The molecule has 0 aliphatic heterocycles. The van der Waals surface area contributed by atoms with Gasteiger partial charge in [-0.05, 0) is 97.4 Å². The molecule has 0 saturated heterocycles. The Bertz CT molecular complexity index is 2550. The lowest BCUT2D eigenvalue weighted by Crippen LogP contribution is -2.11. The molecule has 0 unspecified atom stereocenters. The van der Waals surface area contributed by atoms with Crippen molar-refractivity contribution in [3.63, 3.8) is 0 Å². The largest absolute Gasteiger partial charge is 0.256 e. The molecule has 0 fully saturated rings. The Labute approximate surface area is 305 Å². The van der Waals surface area contributed by atoms with Crippen LogP contribution in [0.15, 0.2) is 145 Å². The molecule has 0 bridgehead atoms. The Morgan fingerprint density at radius 2 is 1.27 bits per heavy atom. The molecule has 250 valence electrons. The Kier molecular flexibility index (Phi) is 8.61. The van der Waals surface area contributed by atoms with Gasteiger partial charge in [-0.1, -0.05) is 144 Å². The number of nitrogens with zero attached hydrogens (tertiary/aromatic N) is 2. The van der Waals surface area contributed by atoms with Crippen molar-refractivity contribution >= 4 is 55.0 Å². The number of hydrogen-bond acceptors (Lipinski definition) is 3. The zero-order valence-corrected chi connectivity index (χ0v) is 30.8. The van der Waals surface area contributed by atoms with Crippen molar-refractivity contribution in [1.82, 2.24) is 4.98 Å². The van der Waals surface area contributed by atoms with Crippen LogP contribution in [-0.4, -0.2) is 11.2 Å². The summed E-state index contributed by atoms with van der Waals surface area (Å²) in [6, 6.07) is 50.5. The molecule has 8 rings (SSSR count). The quantitative estimate of drug-likeness (QED) is 0.122. The molecule has 0 radical (unpaired) electrons. The van der Waals surface area contributed by atoms with E-state index >= 15 is 0 Å². The third-order valence-electron chi connectivity index (χ3n) is 9.77. The van der Waals surface area contributed by atoms with Crippen LogP contribution < -0.4 is 0 Å². The number of benzene rings is 7. The van der Waals surface area contributed by atoms with E-state index in [-0.39, 0.29) is 5.41 Å². The summed E-state index contributed by atoms with van der Waals surface area (Å²) < 4.78 is 1.19. The van der Waals surface area contributed by atoms with E-state index in [2.05, 4.69) is 174 Å². The van der Waals surface area contributed by atoms with E-state index in [0.717, 1.165) is 33.8 Å². The molecule has 0 saturated carbocycles. The highest BCUT2D eigenvalue weighted by molar-refractivity contribution is 7.21. The van der Waals surface area contributed by atoms with E-state index in [0.29, 0.717) is 5.92 Å². The summed E-state index contributed by atoms with van der Waals surface area (Å²) >= 11 is 1.75. The maximum atomic E-state index is 5.35. The summed E-state index contributed by atoms with van der Waals surface area (Å²) in [5.74, 6) is 0.652. The van der Waals surface area contributed by atoms with Crippen molar-refractivity contribution in [3.05, 3.63) is 156 Å². The SMILES string of the molecule is CC(C)Cc1ccc(-c2ccc(-c3cc(C(C)(C)C)cc4sc(-c5ccccc5N=Cc5cc6ccccc6c6ccccc56)nc34)cc2)cc1. The van der Waals surface area contributed by atoms with Gasteiger partial charge in [-0.15, -0.1) is 11.3 Å². The minimum absolute atomic E-state index is 0.00437. The van der Waals surface area contributed by atoms with Crippen molar-refractivity contribution in [2.75, 3.05) is 0 Å². The van der Waals surface area contributed by atoms with E-state index in [4.69, 9.17) is 9.98 Å². The maximum Gasteiger partial charge on any atom is 0.126 e. The molecule has 8 aromatic rings. The smallest absolute Gasteiger partial charge is 0.126 e. The minimum atomic E-state index is -0.00437. The first kappa shape index (κ1) is 32.8. The predicted octanol–water partition coefficient (Wildman–Crippen LogP) is 13.9. The van der Waals surface area contributed by atoms with E-state index in [1.165, 1.54) is 59.6 Å². The fourth-order valence-corrected chi connectivity index (χ4v) is 8.11. The van der Waals surface area contributed by atoms with Crippen LogP contribution in [0.3, 0.4) is 0 Å². The van der Waals surface area contributed by atoms with Gasteiger partial charge >= 0.3 is 0 Å². The van der Waals surface area contributed by atoms with Crippen LogP contribution in [-0.2, 0) is 11.8 Å². The Morgan fingerprint density at radius 1 is 0.647 bits per heavy atom. The first-order valence-electron chi connectivity index (χ1n) is 17.9. The van der Waals surface area contributed by atoms with Crippen molar-refractivity contribution in [1.29, 1.82) is 0 Å². The molecule has 0 amide bonds. The van der Waals surface area contributed by atoms with Gasteiger partial charge in [0.2, 0.25) is 0 Å². The van der Waals surface area contributed by atoms with Crippen LogP contribution in [0.2, 0.25) is 0 Å². The third-order valence-corrected chi connectivity index (χ3v) is 10.8. The van der Waals surface area contributed by atoms with Gasteiger partial charge in [0.25, 0.3) is 0 Å². The summed E-state index contributed by atoms with van der Waals surface area (Å²) in [4.78, 5) is 10.5. The Hall–Kier alpha value is -5.38. The number of rotatable bonds is 7. The van der Waals surface area contributed by atoms with E-state index < -0.39 is 0 Å². The summed E-state index contributed by atoms with van der Waals surface area (Å²) in [6.45, 7) is 11.4. The molecular formula is C48H42N2S. The first-order valence-corrected chi connectivity index (χ1v) is 18.7. The molecule has 2 nitrogen and oxygen atoms in total. The lowest BCUT2D eigenvalue weighted by molar-refractivity contribution is 0.591. The van der Waals surface area contributed by atoms with Crippen molar-refractivity contribution in [2.24, 2.45) is 10.9 Å². The maximum absolute atomic E-state index is 5.35. The normalized spacial score (nSPS) is 12.2. The average Bonchev–Trinajstić information content (AvgIpc) is 3.58. The molecule has 0 aliphatic rings. The van der Waals surface area contributed by atoms with Crippen molar-refractivity contribution < 1.29 is 0 Å². The standard InChI is InChI=1S/C48H42N2S/c1-31(2)26-32-18-20-33(21-19-32)34-22-24-35(25-23-34)43-28-38(48(3,4)5)29-45-46(43)50-47(51-45)42-16-10-11-17-44(42)49-30-37-27-36-12-6-7-13-39(36)41-15-9-8-14-40(37)41/h6-25,27-31H,26H2,1-5H3. The molecular weight excluding hydrogens is 637 g/mol. The first-order chi connectivity index (χ1) is 24.7. The van der Waals surface area contributed by atoms with Crippen LogP contribution >= 0.6 is 11.3 Å². The molecule has 0 atom stereocenters. The van der Waals surface area contributed by atoms with Gasteiger partial charge in [-0.2, -0.15) is 0 Å². The minimum Gasteiger partial charge on any atom is -0.256 e. The molecule has 0 N–H and O–H groups in total. The van der Waals surface area contributed by atoms with Gasteiger partial charge in [-0.3, -0.25) is 4.99 Å². The fourth-order valence-electron chi connectivity index (χ4n) is 7.04. The van der Waals surface area contributed by atoms with Gasteiger partial charge in [0.15, 0.2) is 0 Å². The van der Waals surface area contributed by atoms with Crippen LogP contribution in [0.5, 0.6) is 0 Å². The molecule has 1 heterocycles. The number of thiazole rings is 1. The van der Waals surface area contributed by atoms with E-state index in [9.17, 15) is 0 Å². The van der Waals surface area contributed by atoms with Crippen LogP contribution in [0.1, 0.15) is 51.3 Å². The molecule has 3 heteroatoms. The van der Waals surface area contributed by atoms with Crippen molar-refractivity contribution in [2.45, 2.75) is 46.5 Å². The number of fused-ring (bicyclic) bond motifs is 4. The van der Waals surface area contributed by atoms with Crippen LogP contribution in [0, 0.1) is 5.92 Å². The fraction of sp³-hybridized carbons (Fsp3) is 0.167. The topological polar surface area (TPSA) is 25.2 Å². The summed E-state index contributed by atoms with van der Waals surface area (Å²) in [5, 5.41) is 5.89. The molecule has 1 aromatic heterocycles. The number of para-hydroxylation sites is 1. The van der Waals surface area contributed by atoms with Crippen LogP contribution in [0.4, 0.5) is 5.69 Å². The van der Waals surface area contributed by atoms with E-state index in [1.807, 2.05) is 6.21 Å². The van der Waals surface area contributed by atoms with Gasteiger partial charge < -0.3 is 0 Å². The lowest BCUT2D eigenvalue weighted by atomic mass is 9.85. The molecule has 0 aliphatic carbocycles. The molecule has 7 aromatic carbocycles. The molecule has 51 heavy (non-hydrogen) atoms. The van der Waals surface area contributed by atoms with Crippen molar-refractivity contribution in [3.8, 4) is 32.8 Å². The highest BCUT2D eigenvalue weighted by Gasteiger charge is 2.20. The van der Waals surface area contributed by atoms with Gasteiger partial charge in [0.1, 0.15) is 5.01 Å². The van der Waals surface area contributed by atoms with E-state index in [1.54, 1.807) is 11.3 Å². The second kappa shape index (κ2) is 13.4. The summed E-state index contributed by atoms with van der Waals surface area (Å²) in [5.41, 5.74) is 11.6. The number of aliphatic imine (C=N–C) groups is 1. The monoisotopic (exact) mass is 678 g/mol.